The van der Waals surface area contributed by atoms with Crippen molar-refractivity contribution in [3.63, 3.8) is 0 Å². The minimum Gasteiger partial charge on any atom is -0.346 e. The highest BCUT2D eigenvalue weighted by atomic mass is 32.2. The average molecular weight is 690 g/mol. The number of fused-ring (bicyclic) bond motifs is 3. The zero-order valence-corrected chi connectivity index (χ0v) is 29.5. The van der Waals surface area contributed by atoms with Gasteiger partial charge in [-0.15, -0.1) is 6.58 Å². The lowest BCUT2D eigenvalue weighted by molar-refractivity contribution is -0.144. The number of piperidine rings is 1. The van der Waals surface area contributed by atoms with Crippen molar-refractivity contribution in [2.24, 2.45) is 17.3 Å². The average Bonchev–Trinajstić information content (AvgIpc) is 3.36. The fourth-order valence-corrected chi connectivity index (χ4v) is 11.5. The lowest BCUT2D eigenvalue weighted by Crippen LogP contribution is -2.63. The summed E-state index contributed by atoms with van der Waals surface area (Å²) in [4.78, 5) is 69.5. The molecule has 3 heterocycles. The second-order valence-electron chi connectivity index (χ2n) is 15.4. The Morgan fingerprint density at radius 1 is 0.938 bits per heavy atom. The summed E-state index contributed by atoms with van der Waals surface area (Å²) in [5.41, 5.74) is -1.04. The Labute approximate surface area is 285 Å². The van der Waals surface area contributed by atoms with Crippen molar-refractivity contribution in [2.75, 3.05) is 18.8 Å². The number of hydrogen-bond acceptors (Lipinski definition) is 7. The number of sulfone groups is 1. The van der Waals surface area contributed by atoms with E-state index in [1.807, 2.05) is 0 Å². The predicted molar refractivity (Wildman–Crippen MR) is 181 cm³/mol. The number of ketones is 1. The molecule has 3 saturated heterocycles. The van der Waals surface area contributed by atoms with Crippen LogP contribution in [0, 0.1) is 17.3 Å². The summed E-state index contributed by atoms with van der Waals surface area (Å²) in [6, 6.07) is -3.29. The number of hydrogen-bond donors (Lipinski definition) is 4. The molecule has 3 aliphatic heterocycles. The van der Waals surface area contributed by atoms with Gasteiger partial charge in [-0.05, 0) is 55.8 Å². The third-order valence-corrected chi connectivity index (χ3v) is 14.3. The first-order valence-electron chi connectivity index (χ1n) is 18.2. The van der Waals surface area contributed by atoms with Crippen LogP contribution in [0.15, 0.2) is 12.7 Å². The highest BCUT2D eigenvalue weighted by Crippen LogP contribution is 2.65. The molecule has 2 aliphatic carbocycles. The Balaban J connectivity index is 1.37. The van der Waals surface area contributed by atoms with E-state index in [4.69, 9.17) is 0 Å². The maximum absolute atomic E-state index is 14.4. The van der Waals surface area contributed by atoms with Gasteiger partial charge in [0.1, 0.15) is 12.1 Å². The Hall–Kier alpha value is -2.96. The van der Waals surface area contributed by atoms with E-state index in [-0.39, 0.29) is 35.5 Å². The van der Waals surface area contributed by atoms with Gasteiger partial charge in [0.25, 0.3) is 5.91 Å². The summed E-state index contributed by atoms with van der Waals surface area (Å²) in [6.07, 6.45) is 12.0. The molecule has 5 aliphatic rings. The van der Waals surface area contributed by atoms with Crippen LogP contribution in [0.4, 0.5) is 4.79 Å². The fourth-order valence-electron chi connectivity index (χ4n) is 9.15. The highest BCUT2D eigenvalue weighted by molar-refractivity contribution is 7.92. The van der Waals surface area contributed by atoms with E-state index in [0.717, 1.165) is 44.9 Å². The van der Waals surface area contributed by atoms with Crippen LogP contribution in [0.1, 0.15) is 110 Å². The third kappa shape index (κ3) is 7.60. The molecule has 48 heavy (non-hydrogen) atoms. The SMILES string of the molecule is C=CCNC(=O)C(=O)[C@@H]1CCCCCCCC[C@H](NC(=O)NC2([C@@H]3CCCS3(=O)=O)CCCCC2)C(=O)N2C[C@H]3[C@@H]([C@H]2C(=O)N1)C3(C)C. The molecule has 0 spiro atoms. The highest BCUT2D eigenvalue weighted by Gasteiger charge is 2.69. The van der Waals surface area contributed by atoms with E-state index in [2.05, 4.69) is 41.7 Å². The van der Waals surface area contributed by atoms with Crippen LogP contribution in [-0.4, -0.2) is 90.6 Å². The van der Waals surface area contributed by atoms with Crippen LogP contribution < -0.4 is 21.3 Å². The van der Waals surface area contributed by atoms with Gasteiger partial charge >= 0.3 is 6.03 Å². The van der Waals surface area contributed by atoms with Gasteiger partial charge in [0.2, 0.25) is 17.6 Å². The first-order valence-corrected chi connectivity index (χ1v) is 19.9. The van der Waals surface area contributed by atoms with E-state index in [1.54, 1.807) is 4.90 Å². The van der Waals surface area contributed by atoms with Crippen LogP contribution in [-0.2, 0) is 29.0 Å². The molecule has 5 fully saturated rings. The predicted octanol–water partition coefficient (Wildman–Crippen LogP) is 2.91. The smallest absolute Gasteiger partial charge is 0.315 e. The number of nitrogens with one attached hydrogen (secondary N) is 4. The van der Waals surface area contributed by atoms with E-state index in [9.17, 15) is 32.4 Å². The molecule has 12 nitrogen and oxygen atoms in total. The van der Waals surface area contributed by atoms with E-state index in [1.165, 1.54) is 6.08 Å². The van der Waals surface area contributed by atoms with Gasteiger partial charge in [0.15, 0.2) is 9.84 Å². The van der Waals surface area contributed by atoms with Crippen LogP contribution in [0.3, 0.4) is 0 Å². The second-order valence-corrected chi connectivity index (χ2v) is 17.7. The molecule has 0 unspecified atom stereocenters. The Bertz CT molecular complexity index is 1370. The molecule has 0 aromatic heterocycles. The maximum Gasteiger partial charge on any atom is 0.315 e. The first-order chi connectivity index (χ1) is 22.8. The van der Waals surface area contributed by atoms with Crippen molar-refractivity contribution < 1.29 is 32.4 Å². The van der Waals surface area contributed by atoms with Crippen molar-refractivity contribution in [3.05, 3.63) is 12.7 Å². The number of urea groups is 1. The molecule has 6 atom stereocenters. The van der Waals surface area contributed by atoms with Crippen molar-refractivity contribution in [2.45, 2.75) is 139 Å². The lowest BCUT2D eigenvalue weighted by atomic mass is 9.78. The topological polar surface area (TPSA) is 171 Å². The second kappa shape index (κ2) is 14.9. The summed E-state index contributed by atoms with van der Waals surface area (Å²) in [6.45, 7) is 8.21. The largest absolute Gasteiger partial charge is 0.346 e. The van der Waals surface area contributed by atoms with Gasteiger partial charge in [-0.3, -0.25) is 19.2 Å². The van der Waals surface area contributed by atoms with E-state index < -0.39 is 62.4 Å². The summed E-state index contributed by atoms with van der Waals surface area (Å²) in [7, 11) is -3.34. The van der Waals surface area contributed by atoms with Gasteiger partial charge in [-0.1, -0.05) is 77.7 Å². The Morgan fingerprint density at radius 3 is 2.23 bits per heavy atom. The Kier molecular flexibility index (Phi) is 11.3. The number of nitrogens with zero attached hydrogens (tertiary/aromatic N) is 1. The standard InChI is InChI=1S/C35H55N5O7S/c1-4-20-36-31(43)29(41)24-15-10-7-5-6-8-11-16-25(32(44)40-22-23-27(34(23,2)3)28(40)30(42)37-24)38-33(45)39-35(18-12-9-13-19-35)26-17-14-21-48(26,46)47/h4,23-28H,1,5-22H2,2-3H3,(H,36,43)(H,37,42)(H2,38,39,45)/t23-,24-,25-,26-,27-,28-/m0/s1. The molecule has 0 aromatic rings. The van der Waals surface area contributed by atoms with Crippen LogP contribution in [0.25, 0.3) is 0 Å². The summed E-state index contributed by atoms with van der Waals surface area (Å²) < 4.78 is 26.1. The third-order valence-electron chi connectivity index (χ3n) is 11.9. The quantitative estimate of drug-likeness (QED) is 0.235. The van der Waals surface area contributed by atoms with Gasteiger partial charge in [-0.25, -0.2) is 13.2 Å². The molecule has 13 heteroatoms. The molecule has 0 aromatic carbocycles. The van der Waals surface area contributed by atoms with Crippen molar-refractivity contribution in [1.82, 2.24) is 26.2 Å². The molecule has 2 saturated carbocycles. The van der Waals surface area contributed by atoms with Crippen LogP contribution in [0.2, 0.25) is 0 Å². The fraction of sp³-hybridized carbons (Fsp3) is 0.800. The monoisotopic (exact) mass is 689 g/mol. The lowest BCUT2D eigenvalue weighted by Gasteiger charge is -2.42. The number of rotatable bonds is 7. The number of carbonyl (C=O) groups is 5. The van der Waals surface area contributed by atoms with E-state index in [0.29, 0.717) is 57.9 Å². The van der Waals surface area contributed by atoms with Crippen LogP contribution in [0.5, 0.6) is 0 Å². The van der Waals surface area contributed by atoms with Crippen molar-refractivity contribution >= 4 is 39.4 Å². The normalized spacial score (nSPS) is 33.1. The van der Waals surface area contributed by atoms with Gasteiger partial charge in [-0.2, -0.15) is 0 Å². The zero-order valence-electron chi connectivity index (χ0n) is 28.7. The molecule has 0 radical (unpaired) electrons. The first kappa shape index (κ1) is 36.3. The molecule has 5 rings (SSSR count). The molecular formula is C35H55N5O7S. The van der Waals surface area contributed by atoms with Gasteiger partial charge < -0.3 is 26.2 Å². The Morgan fingerprint density at radius 2 is 1.58 bits per heavy atom. The number of amides is 5. The van der Waals surface area contributed by atoms with Gasteiger partial charge in [0, 0.05) is 13.1 Å². The minimum absolute atomic E-state index is 0.0914. The van der Waals surface area contributed by atoms with Crippen LogP contribution >= 0.6 is 0 Å². The summed E-state index contributed by atoms with van der Waals surface area (Å²) >= 11 is 0. The van der Waals surface area contributed by atoms with Crippen molar-refractivity contribution in [1.29, 1.82) is 0 Å². The number of Topliss-reactive ketones (excluding diaryl/α,β-unsaturated/α-hetero) is 1. The maximum atomic E-state index is 14.4. The number of carbonyl (C=O) groups excluding carboxylic acids is 5. The summed E-state index contributed by atoms with van der Waals surface area (Å²) in [5, 5.41) is 10.8. The molecule has 0 bridgehead atoms. The van der Waals surface area contributed by atoms with Gasteiger partial charge in [0.05, 0.1) is 22.6 Å². The molecular weight excluding hydrogens is 634 g/mol. The van der Waals surface area contributed by atoms with E-state index >= 15 is 0 Å². The van der Waals surface area contributed by atoms with Crippen molar-refractivity contribution in [3.8, 4) is 0 Å². The molecule has 268 valence electrons. The summed E-state index contributed by atoms with van der Waals surface area (Å²) in [5.74, 6) is -2.19. The zero-order chi connectivity index (χ0) is 34.7. The molecule has 4 N–H and O–H groups in total. The molecule has 5 amide bonds. The minimum atomic E-state index is -3.34.